The molecule has 8 aliphatic rings. The summed E-state index contributed by atoms with van der Waals surface area (Å²) in [6.45, 7) is 5.09. The Kier molecular flexibility index (Phi) is 11.1. The van der Waals surface area contributed by atoms with Crippen molar-refractivity contribution >= 4 is 11.9 Å². The van der Waals surface area contributed by atoms with Crippen molar-refractivity contribution in [3.8, 4) is 11.5 Å². The van der Waals surface area contributed by atoms with Crippen LogP contribution in [0.5, 0.6) is 11.5 Å². The first kappa shape index (κ1) is 38.5. The number of fused-ring (bicyclic) bond motifs is 2. The molecule has 4 bridgehead atoms. The van der Waals surface area contributed by atoms with Crippen molar-refractivity contribution in [3.05, 3.63) is 58.7 Å². The van der Waals surface area contributed by atoms with Gasteiger partial charge in [-0.25, -0.2) is 0 Å². The van der Waals surface area contributed by atoms with E-state index in [1.807, 2.05) is 0 Å². The highest BCUT2D eigenvalue weighted by molar-refractivity contribution is 5.73. The largest absolute Gasteiger partial charge is 0.427 e. The number of benzene rings is 2. The normalized spacial score (nSPS) is 32.1. The van der Waals surface area contributed by atoms with E-state index in [1.165, 1.54) is 151 Å². The number of carbonyl (C=O) groups excluding carboxylic acids is 2. The van der Waals surface area contributed by atoms with Crippen LogP contribution in [0.15, 0.2) is 36.4 Å². The minimum Gasteiger partial charge on any atom is -0.427 e. The van der Waals surface area contributed by atoms with Crippen LogP contribution >= 0.6 is 0 Å². The fraction of sp³-hybridized carbons (Fsp3) is 0.725. The molecule has 0 unspecified atom stereocenters. The summed E-state index contributed by atoms with van der Waals surface area (Å²) in [6, 6.07) is 14.6. The molecule has 4 saturated carbocycles. The molecule has 6 aliphatic carbocycles. The molecule has 6 nitrogen and oxygen atoms in total. The van der Waals surface area contributed by atoms with Crippen LogP contribution in [0, 0.1) is 23.7 Å². The molecule has 6 heteroatoms. The fourth-order valence-corrected chi connectivity index (χ4v) is 14.2. The van der Waals surface area contributed by atoms with Crippen molar-refractivity contribution in [1.29, 1.82) is 0 Å². The van der Waals surface area contributed by atoms with E-state index < -0.39 is 0 Å². The van der Waals surface area contributed by atoms with E-state index in [0.717, 1.165) is 80.1 Å². The monoisotopic (exact) mass is 775 g/mol. The second-order valence-electron chi connectivity index (χ2n) is 20.5. The van der Waals surface area contributed by atoms with Gasteiger partial charge in [0.2, 0.25) is 0 Å². The third-order valence-corrected chi connectivity index (χ3v) is 17.5. The van der Waals surface area contributed by atoms with Gasteiger partial charge in [-0.05, 0) is 173 Å². The van der Waals surface area contributed by atoms with Gasteiger partial charge >= 0.3 is 11.9 Å². The number of ether oxygens (including phenoxy) is 2. The van der Waals surface area contributed by atoms with E-state index in [2.05, 4.69) is 46.2 Å². The number of piperidine rings is 2. The lowest BCUT2D eigenvalue weighted by Gasteiger charge is -2.59. The molecule has 2 heterocycles. The zero-order chi connectivity index (χ0) is 38.4. The number of likely N-dealkylation sites (tertiary alicyclic amines) is 2. The number of hydrogen-bond donors (Lipinski definition) is 0. The van der Waals surface area contributed by atoms with E-state index in [4.69, 9.17) is 9.47 Å². The Morgan fingerprint density at radius 3 is 1.44 bits per heavy atom. The minimum atomic E-state index is -0.112. The molecule has 0 aromatic heterocycles. The standard InChI is InChI=1S/C51H70N2O4/c54-48(56-40-22-20-38-30-46-42-16-6-8-24-50(42,44(38)32-40)26-28-52(46)34-36-12-10-13-36)18-4-2-1-3-5-19-49(55)57-41-23-21-39-31-47-43-17-7-9-25-51(43,45(39)33-41)27-29-53(47)35-37-14-11-15-37/h20-23,32-33,36-37,42-43,46-47H,1-19,24-31,34-35H2/t42-,43-,46-,47-,50-,51-/m0/s1. The lowest BCUT2D eigenvalue weighted by Crippen LogP contribution is -2.61. The van der Waals surface area contributed by atoms with Crippen molar-refractivity contribution < 1.29 is 19.1 Å². The van der Waals surface area contributed by atoms with Gasteiger partial charge in [-0.3, -0.25) is 19.4 Å². The highest BCUT2D eigenvalue weighted by atomic mass is 16.5. The Morgan fingerprint density at radius 2 is 1.00 bits per heavy atom. The highest BCUT2D eigenvalue weighted by Gasteiger charge is 2.55. The molecule has 0 spiro atoms. The predicted octanol–water partition coefficient (Wildman–Crippen LogP) is 10.6. The summed E-state index contributed by atoms with van der Waals surface area (Å²) in [5.41, 5.74) is 6.58. The van der Waals surface area contributed by atoms with Crippen molar-refractivity contribution in [2.24, 2.45) is 23.7 Å². The SMILES string of the molecule is O=C(CCCCCCCC(=O)Oc1ccc2c(c1)[C@]13CCCC[C@H]1[C@H](C2)N(CC1CCC1)CC3)Oc1ccc2c(c1)[C@]13CCCC[C@H]1[C@H](C2)N(CC1CCC1)CC3. The molecule has 2 saturated heterocycles. The Balaban J connectivity index is 0.667. The van der Waals surface area contributed by atoms with E-state index in [0.29, 0.717) is 24.9 Å². The molecule has 2 aromatic rings. The number of unbranched alkanes of at least 4 members (excludes halogenated alkanes) is 4. The summed E-state index contributed by atoms with van der Waals surface area (Å²) < 4.78 is 12.0. The third kappa shape index (κ3) is 7.44. The minimum absolute atomic E-state index is 0.112. The first-order valence-corrected chi connectivity index (χ1v) is 24.1. The number of carbonyl (C=O) groups is 2. The summed E-state index contributed by atoms with van der Waals surface area (Å²) in [4.78, 5) is 31.8. The Hall–Kier alpha value is -2.70. The topological polar surface area (TPSA) is 59.1 Å². The van der Waals surface area contributed by atoms with Gasteiger partial charge in [0.05, 0.1) is 0 Å². The van der Waals surface area contributed by atoms with E-state index in [-0.39, 0.29) is 22.8 Å². The molecule has 6 fully saturated rings. The first-order chi connectivity index (χ1) is 28.0. The molecule has 0 N–H and O–H groups in total. The average molecular weight is 775 g/mol. The maximum absolute atomic E-state index is 13.0. The summed E-state index contributed by atoms with van der Waals surface area (Å²) in [5.74, 6) is 4.63. The number of rotatable bonds is 14. The summed E-state index contributed by atoms with van der Waals surface area (Å²) in [5, 5.41) is 0. The van der Waals surface area contributed by atoms with E-state index in [9.17, 15) is 9.59 Å². The molecule has 2 aromatic carbocycles. The average Bonchev–Trinajstić information content (AvgIpc) is 3.19. The van der Waals surface area contributed by atoms with E-state index >= 15 is 0 Å². The van der Waals surface area contributed by atoms with Crippen molar-refractivity contribution in [2.45, 2.75) is 183 Å². The molecule has 10 rings (SSSR count). The van der Waals surface area contributed by atoms with Crippen LogP contribution in [0.25, 0.3) is 0 Å². The van der Waals surface area contributed by atoms with Crippen LogP contribution in [-0.4, -0.2) is 60.0 Å². The van der Waals surface area contributed by atoms with Gasteiger partial charge in [-0.1, -0.05) is 69.9 Å². The van der Waals surface area contributed by atoms with Gasteiger partial charge < -0.3 is 9.47 Å². The van der Waals surface area contributed by atoms with Gasteiger partial charge in [0.15, 0.2) is 0 Å². The second-order valence-corrected chi connectivity index (χ2v) is 20.5. The van der Waals surface area contributed by atoms with Crippen LogP contribution < -0.4 is 9.47 Å². The molecule has 2 aliphatic heterocycles. The quantitative estimate of drug-likeness (QED) is 0.108. The third-order valence-electron chi connectivity index (χ3n) is 17.5. The summed E-state index contributed by atoms with van der Waals surface area (Å²) in [6.07, 6.45) is 29.6. The van der Waals surface area contributed by atoms with Crippen LogP contribution in [0.1, 0.15) is 170 Å². The molecule has 6 atom stereocenters. The van der Waals surface area contributed by atoms with Gasteiger partial charge in [0.25, 0.3) is 0 Å². The maximum Gasteiger partial charge on any atom is 0.311 e. The number of hydrogen-bond acceptors (Lipinski definition) is 6. The van der Waals surface area contributed by atoms with Gasteiger partial charge in [0.1, 0.15) is 11.5 Å². The second kappa shape index (κ2) is 16.4. The fourth-order valence-electron chi connectivity index (χ4n) is 14.2. The highest BCUT2D eigenvalue weighted by Crippen LogP contribution is 2.58. The van der Waals surface area contributed by atoms with Crippen molar-refractivity contribution in [1.82, 2.24) is 9.80 Å². The molecular formula is C51H70N2O4. The lowest BCUT2D eigenvalue weighted by atomic mass is 9.52. The lowest BCUT2D eigenvalue weighted by molar-refractivity contribution is -0.135. The first-order valence-electron chi connectivity index (χ1n) is 24.1. The molecule has 0 radical (unpaired) electrons. The molecule has 0 amide bonds. The Bertz CT molecular complexity index is 1650. The zero-order valence-corrected chi connectivity index (χ0v) is 35.0. The van der Waals surface area contributed by atoms with Crippen LogP contribution in [0.2, 0.25) is 0 Å². The molecular weight excluding hydrogens is 705 g/mol. The Morgan fingerprint density at radius 1 is 0.544 bits per heavy atom. The van der Waals surface area contributed by atoms with Gasteiger partial charge in [0, 0.05) is 48.8 Å². The van der Waals surface area contributed by atoms with Gasteiger partial charge in [-0.15, -0.1) is 0 Å². The smallest absolute Gasteiger partial charge is 0.311 e. The van der Waals surface area contributed by atoms with Crippen LogP contribution in [-0.2, 0) is 33.3 Å². The number of esters is 2. The summed E-state index contributed by atoms with van der Waals surface area (Å²) >= 11 is 0. The summed E-state index contributed by atoms with van der Waals surface area (Å²) in [7, 11) is 0. The Labute approximate surface area is 343 Å². The van der Waals surface area contributed by atoms with Crippen molar-refractivity contribution in [3.63, 3.8) is 0 Å². The van der Waals surface area contributed by atoms with E-state index in [1.54, 1.807) is 0 Å². The van der Waals surface area contributed by atoms with Crippen LogP contribution in [0.4, 0.5) is 0 Å². The molecule has 308 valence electrons. The predicted molar refractivity (Wildman–Crippen MR) is 226 cm³/mol. The van der Waals surface area contributed by atoms with Crippen molar-refractivity contribution in [2.75, 3.05) is 26.2 Å². The van der Waals surface area contributed by atoms with Gasteiger partial charge in [-0.2, -0.15) is 0 Å². The zero-order valence-electron chi connectivity index (χ0n) is 35.0. The number of nitrogens with zero attached hydrogens (tertiary/aromatic N) is 2. The molecule has 57 heavy (non-hydrogen) atoms. The maximum atomic E-state index is 13.0. The van der Waals surface area contributed by atoms with Crippen LogP contribution in [0.3, 0.4) is 0 Å².